The summed E-state index contributed by atoms with van der Waals surface area (Å²) in [7, 11) is 0. The van der Waals surface area contributed by atoms with Crippen molar-refractivity contribution in [3.8, 4) is 28.1 Å². The van der Waals surface area contributed by atoms with Crippen LogP contribution in [0.2, 0.25) is 0 Å². The highest BCUT2D eigenvalue weighted by molar-refractivity contribution is 7.25. The van der Waals surface area contributed by atoms with Crippen molar-refractivity contribution in [2.24, 2.45) is 0 Å². The van der Waals surface area contributed by atoms with Gasteiger partial charge in [0, 0.05) is 37.5 Å². The standard InChI is InChI=1S/C50H31N3S/c1-3-16-34(17-4-1)50(35-18-5-2-6-19-35)42-23-10-8-21-38(42)40-31-46-41(30-43(40)50)48-39-22-9-12-25-47(39)54-49(48)52(46)36-20-13-15-33(28-36)44-29-37-27-26-32-14-7-11-24-45(32)53(37)51-44/h1-31H. The van der Waals surface area contributed by atoms with Crippen molar-refractivity contribution >= 4 is 59.0 Å². The number of aromatic nitrogens is 3. The average Bonchev–Trinajstić information content (AvgIpc) is 3.99. The number of thiophene rings is 1. The van der Waals surface area contributed by atoms with Gasteiger partial charge in [-0.25, -0.2) is 4.52 Å². The van der Waals surface area contributed by atoms with Crippen LogP contribution in [0.1, 0.15) is 22.3 Å². The van der Waals surface area contributed by atoms with Crippen molar-refractivity contribution in [1.82, 2.24) is 14.2 Å². The second kappa shape index (κ2) is 11.1. The fourth-order valence-electron chi connectivity index (χ4n) is 9.33. The fraction of sp³-hybridized carbons (Fsp3) is 0.0200. The molecule has 0 atom stereocenters. The second-order valence-electron chi connectivity index (χ2n) is 14.4. The molecule has 0 unspecified atom stereocenters. The summed E-state index contributed by atoms with van der Waals surface area (Å²) >= 11 is 1.87. The minimum atomic E-state index is -0.462. The lowest BCUT2D eigenvalue weighted by molar-refractivity contribution is 0.769. The molecule has 0 fully saturated rings. The zero-order valence-corrected chi connectivity index (χ0v) is 30.0. The zero-order chi connectivity index (χ0) is 35.4. The molecular formula is C50H31N3S. The van der Waals surface area contributed by atoms with Crippen LogP contribution >= 0.6 is 11.3 Å². The minimum absolute atomic E-state index is 0.462. The molecule has 11 aromatic rings. The highest BCUT2D eigenvalue weighted by Crippen LogP contribution is 2.58. The van der Waals surface area contributed by atoms with Crippen LogP contribution in [0.25, 0.3) is 75.7 Å². The van der Waals surface area contributed by atoms with Crippen molar-refractivity contribution in [3.63, 3.8) is 0 Å². The van der Waals surface area contributed by atoms with Crippen LogP contribution in [0.5, 0.6) is 0 Å². The van der Waals surface area contributed by atoms with Crippen LogP contribution < -0.4 is 0 Å². The van der Waals surface area contributed by atoms with Crippen LogP contribution in [-0.4, -0.2) is 14.2 Å². The molecule has 0 amide bonds. The van der Waals surface area contributed by atoms with E-state index >= 15 is 0 Å². The number of pyridine rings is 1. The molecule has 1 aliphatic carbocycles. The van der Waals surface area contributed by atoms with Gasteiger partial charge in [-0.1, -0.05) is 140 Å². The first-order chi connectivity index (χ1) is 26.8. The smallest absolute Gasteiger partial charge is 0.109 e. The van der Waals surface area contributed by atoms with E-state index in [2.05, 4.69) is 197 Å². The molecule has 0 radical (unpaired) electrons. The van der Waals surface area contributed by atoms with Gasteiger partial charge in [0.25, 0.3) is 0 Å². The molecule has 0 N–H and O–H groups in total. The molecule has 4 heterocycles. The van der Waals surface area contributed by atoms with Gasteiger partial charge >= 0.3 is 0 Å². The Hall–Kier alpha value is -6.75. The van der Waals surface area contributed by atoms with Gasteiger partial charge in [-0.05, 0) is 81.9 Å². The molecule has 0 saturated heterocycles. The Balaban J connectivity index is 1.16. The molecule has 0 saturated carbocycles. The van der Waals surface area contributed by atoms with Gasteiger partial charge < -0.3 is 4.57 Å². The monoisotopic (exact) mass is 705 g/mol. The summed E-state index contributed by atoms with van der Waals surface area (Å²) in [4.78, 5) is 1.26. The highest BCUT2D eigenvalue weighted by Gasteiger charge is 2.46. The molecule has 1 aliphatic rings. The van der Waals surface area contributed by atoms with Crippen molar-refractivity contribution < 1.29 is 0 Å². The molecule has 0 spiro atoms. The summed E-state index contributed by atoms with van der Waals surface area (Å²) in [5.74, 6) is 0. The molecule has 4 heteroatoms. The van der Waals surface area contributed by atoms with Gasteiger partial charge in [-0.15, -0.1) is 11.3 Å². The van der Waals surface area contributed by atoms with Gasteiger partial charge in [0.1, 0.15) is 4.83 Å². The van der Waals surface area contributed by atoms with E-state index in [0.29, 0.717) is 0 Å². The van der Waals surface area contributed by atoms with Crippen LogP contribution in [0.15, 0.2) is 188 Å². The third-order valence-corrected chi connectivity index (χ3v) is 12.8. The molecule has 252 valence electrons. The lowest BCUT2D eigenvalue weighted by atomic mass is 9.67. The SMILES string of the molecule is c1ccc(C2(c3ccccc3)c3ccccc3-c3cc4c(cc32)c2c3ccccc3sc2n4-c2cccc(-c3cc4ccc5ccccc5n4n3)c2)cc1. The first-order valence-corrected chi connectivity index (χ1v) is 19.3. The Kier molecular flexibility index (Phi) is 6.14. The predicted octanol–water partition coefficient (Wildman–Crippen LogP) is 12.8. The first-order valence-electron chi connectivity index (χ1n) is 18.5. The average molecular weight is 706 g/mol. The quantitative estimate of drug-likeness (QED) is 0.179. The summed E-state index contributed by atoms with van der Waals surface area (Å²) in [5, 5.41) is 10.2. The minimum Gasteiger partial charge on any atom is -0.301 e. The van der Waals surface area contributed by atoms with Crippen molar-refractivity contribution in [2.75, 3.05) is 0 Å². The van der Waals surface area contributed by atoms with E-state index in [9.17, 15) is 0 Å². The topological polar surface area (TPSA) is 22.2 Å². The number of benzene rings is 7. The number of fused-ring (bicyclic) bond motifs is 11. The van der Waals surface area contributed by atoms with Crippen LogP contribution in [-0.2, 0) is 5.41 Å². The fourth-order valence-corrected chi connectivity index (χ4v) is 10.6. The number of para-hydroxylation sites is 1. The third-order valence-electron chi connectivity index (χ3n) is 11.6. The van der Waals surface area contributed by atoms with Gasteiger partial charge in [-0.2, -0.15) is 5.10 Å². The Morgan fingerprint density at radius 2 is 1.24 bits per heavy atom. The molecule has 4 aromatic heterocycles. The Morgan fingerprint density at radius 1 is 0.500 bits per heavy atom. The van der Waals surface area contributed by atoms with Crippen molar-refractivity contribution in [1.29, 1.82) is 0 Å². The normalized spacial score (nSPS) is 13.3. The van der Waals surface area contributed by atoms with Gasteiger partial charge in [0.2, 0.25) is 0 Å². The van der Waals surface area contributed by atoms with E-state index in [4.69, 9.17) is 5.10 Å². The maximum atomic E-state index is 5.15. The van der Waals surface area contributed by atoms with Gasteiger partial charge in [0.15, 0.2) is 0 Å². The number of nitrogens with zero attached hydrogens (tertiary/aromatic N) is 3. The van der Waals surface area contributed by atoms with Crippen LogP contribution in [0.3, 0.4) is 0 Å². The summed E-state index contributed by atoms with van der Waals surface area (Å²) < 4.78 is 5.86. The lowest BCUT2D eigenvalue weighted by Gasteiger charge is -2.34. The third kappa shape index (κ3) is 3.98. The number of hydrogen-bond acceptors (Lipinski definition) is 2. The lowest BCUT2D eigenvalue weighted by Crippen LogP contribution is -2.28. The Labute approximate surface area is 315 Å². The molecule has 54 heavy (non-hydrogen) atoms. The molecule has 7 aromatic carbocycles. The Bertz CT molecular complexity index is 3240. The highest BCUT2D eigenvalue weighted by atomic mass is 32.1. The summed E-state index contributed by atoms with van der Waals surface area (Å²) in [6.07, 6.45) is 0. The van der Waals surface area contributed by atoms with E-state index in [1.165, 1.54) is 70.0 Å². The van der Waals surface area contributed by atoms with E-state index < -0.39 is 5.41 Å². The maximum absolute atomic E-state index is 5.15. The summed E-state index contributed by atoms with van der Waals surface area (Å²) in [5.41, 5.74) is 13.9. The molecule has 12 rings (SSSR count). The molecular weight excluding hydrogens is 675 g/mol. The van der Waals surface area contributed by atoms with E-state index in [1.807, 2.05) is 11.3 Å². The van der Waals surface area contributed by atoms with Gasteiger partial charge in [-0.3, -0.25) is 0 Å². The molecule has 0 bridgehead atoms. The van der Waals surface area contributed by atoms with E-state index in [0.717, 1.165) is 28.0 Å². The first kappa shape index (κ1) is 29.8. The maximum Gasteiger partial charge on any atom is 0.109 e. The summed E-state index contributed by atoms with van der Waals surface area (Å²) in [6, 6.07) is 69.0. The largest absolute Gasteiger partial charge is 0.301 e. The van der Waals surface area contributed by atoms with Crippen LogP contribution in [0.4, 0.5) is 0 Å². The van der Waals surface area contributed by atoms with Gasteiger partial charge in [0.05, 0.1) is 27.7 Å². The van der Waals surface area contributed by atoms with E-state index in [-0.39, 0.29) is 0 Å². The van der Waals surface area contributed by atoms with Crippen molar-refractivity contribution in [3.05, 3.63) is 210 Å². The number of rotatable bonds is 4. The molecule has 0 aliphatic heterocycles. The van der Waals surface area contributed by atoms with Crippen LogP contribution in [0, 0.1) is 0 Å². The Morgan fingerprint density at radius 3 is 2.09 bits per heavy atom. The second-order valence-corrected chi connectivity index (χ2v) is 15.4. The van der Waals surface area contributed by atoms with E-state index in [1.54, 1.807) is 0 Å². The van der Waals surface area contributed by atoms with Crippen molar-refractivity contribution in [2.45, 2.75) is 5.41 Å². The molecule has 3 nitrogen and oxygen atoms in total. The number of hydrogen-bond donors (Lipinski definition) is 0. The zero-order valence-electron chi connectivity index (χ0n) is 29.1. The predicted molar refractivity (Wildman–Crippen MR) is 225 cm³/mol. The summed E-state index contributed by atoms with van der Waals surface area (Å²) in [6.45, 7) is 0.